The number of nitrogens with zero attached hydrogens (tertiary/aromatic N) is 1. The third-order valence-electron chi connectivity index (χ3n) is 4.21. The van der Waals surface area contributed by atoms with Crippen molar-refractivity contribution < 1.29 is 18.4 Å². The van der Waals surface area contributed by atoms with Crippen LogP contribution in [0.2, 0.25) is 0 Å². The second-order valence-corrected chi connectivity index (χ2v) is 6.03. The van der Waals surface area contributed by atoms with Crippen molar-refractivity contribution in [3.63, 3.8) is 0 Å². The third-order valence-corrected chi connectivity index (χ3v) is 4.21. The average Bonchev–Trinajstić information content (AvgIpc) is 3.07. The first kappa shape index (κ1) is 16.2. The highest BCUT2D eigenvalue weighted by atomic mass is 19.1. The number of carbonyl (C=O) groups is 2. The van der Waals surface area contributed by atoms with E-state index in [4.69, 9.17) is 4.42 Å². The van der Waals surface area contributed by atoms with Gasteiger partial charge in [0.2, 0.25) is 5.91 Å². The van der Waals surface area contributed by atoms with Gasteiger partial charge >= 0.3 is 0 Å². The van der Waals surface area contributed by atoms with Crippen LogP contribution in [-0.4, -0.2) is 24.4 Å². The van der Waals surface area contributed by atoms with Crippen molar-refractivity contribution in [2.45, 2.75) is 32.7 Å². The molecule has 1 aromatic heterocycles. The molecule has 0 saturated heterocycles. The smallest absolute Gasteiger partial charge is 0.255 e. The number of amides is 2. The number of halogens is 1. The summed E-state index contributed by atoms with van der Waals surface area (Å²) in [4.78, 5) is 26.5. The summed E-state index contributed by atoms with van der Waals surface area (Å²) in [6.07, 6.45) is 4.24. The van der Waals surface area contributed by atoms with Crippen molar-refractivity contribution in [2.24, 2.45) is 0 Å². The van der Waals surface area contributed by atoms with Gasteiger partial charge in [0, 0.05) is 12.2 Å². The molecular weight excluding hydrogens is 311 g/mol. The Morgan fingerprint density at radius 2 is 2.17 bits per heavy atom. The summed E-state index contributed by atoms with van der Waals surface area (Å²) in [5.41, 5.74) is 2.69. The van der Waals surface area contributed by atoms with Gasteiger partial charge < -0.3 is 14.6 Å². The predicted octanol–water partition coefficient (Wildman–Crippen LogP) is 2.82. The van der Waals surface area contributed by atoms with Crippen molar-refractivity contribution in [3.8, 4) is 0 Å². The zero-order valence-electron chi connectivity index (χ0n) is 13.6. The van der Waals surface area contributed by atoms with Gasteiger partial charge in [-0.25, -0.2) is 4.39 Å². The predicted molar refractivity (Wildman–Crippen MR) is 87.4 cm³/mol. The van der Waals surface area contributed by atoms with E-state index in [1.54, 1.807) is 18.7 Å². The van der Waals surface area contributed by atoms with Crippen LogP contribution in [0, 0.1) is 12.7 Å². The molecule has 1 aromatic carbocycles. The molecule has 2 heterocycles. The van der Waals surface area contributed by atoms with Gasteiger partial charge in [0.15, 0.2) is 0 Å². The van der Waals surface area contributed by atoms with E-state index in [0.717, 1.165) is 29.7 Å². The van der Waals surface area contributed by atoms with Gasteiger partial charge in [-0.3, -0.25) is 9.59 Å². The number of fused-ring (bicyclic) bond motifs is 1. The number of aryl methyl sites for hydroxylation is 2. The molecule has 3 rings (SSSR count). The lowest BCUT2D eigenvalue weighted by Crippen LogP contribution is -2.48. The zero-order chi connectivity index (χ0) is 17.3. The van der Waals surface area contributed by atoms with E-state index in [0.29, 0.717) is 12.1 Å². The van der Waals surface area contributed by atoms with Gasteiger partial charge in [0.05, 0.1) is 11.8 Å². The molecule has 1 aliphatic heterocycles. The molecule has 24 heavy (non-hydrogen) atoms. The van der Waals surface area contributed by atoms with Gasteiger partial charge in [-0.1, -0.05) is 0 Å². The Kier molecular flexibility index (Phi) is 4.38. The molecular formula is C18H19FN2O3. The molecule has 126 valence electrons. The van der Waals surface area contributed by atoms with Crippen LogP contribution in [0.1, 0.15) is 34.8 Å². The molecule has 0 unspecified atom stereocenters. The molecule has 1 aliphatic rings. The van der Waals surface area contributed by atoms with E-state index in [9.17, 15) is 14.0 Å². The van der Waals surface area contributed by atoms with Crippen molar-refractivity contribution in [1.29, 1.82) is 0 Å². The highest BCUT2D eigenvalue weighted by molar-refractivity contribution is 6.02. The van der Waals surface area contributed by atoms with E-state index < -0.39 is 6.04 Å². The van der Waals surface area contributed by atoms with Gasteiger partial charge in [0.1, 0.15) is 18.1 Å². The first-order valence-electron chi connectivity index (χ1n) is 7.91. The van der Waals surface area contributed by atoms with Crippen molar-refractivity contribution in [2.75, 3.05) is 11.4 Å². The quantitative estimate of drug-likeness (QED) is 0.941. The highest BCUT2D eigenvalue weighted by Gasteiger charge is 2.29. The number of benzene rings is 1. The lowest BCUT2D eigenvalue weighted by Gasteiger charge is -2.33. The maximum Gasteiger partial charge on any atom is 0.255 e. The van der Waals surface area contributed by atoms with E-state index >= 15 is 0 Å². The minimum absolute atomic E-state index is 0.206. The van der Waals surface area contributed by atoms with Crippen LogP contribution in [0.25, 0.3) is 0 Å². The Bertz CT molecular complexity index is 771. The van der Waals surface area contributed by atoms with Crippen LogP contribution in [0.15, 0.2) is 35.1 Å². The second kappa shape index (κ2) is 6.47. The molecule has 0 radical (unpaired) electrons. The molecule has 0 aliphatic carbocycles. The fourth-order valence-electron chi connectivity index (χ4n) is 3.11. The maximum atomic E-state index is 13.6. The Hall–Kier alpha value is -2.63. The van der Waals surface area contributed by atoms with Crippen LogP contribution in [0.4, 0.5) is 10.1 Å². The first-order chi connectivity index (χ1) is 11.5. The molecule has 1 atom stereocenters. The number of hydrogen-bond donors (Lipinski definition) is 1. The fourth-order valence-corrected chi connectivity index (χ4v) is 3.11. The number of furan rings is 1. The molecule has 0 saturated carbocycles. The molecule has 2 aromatic rings. The van der Waals surface area contributed by atoms with Gasteiger partial charge in [-0.05, 0) is 56.0 Å². The number of hydrogen-bond acceptors (Lipinski definition) is 3. The molecule has 0 spiro atoms. The summed E-state index contributed by atoms with van der Waals surface area (Å²) in [6.45, 7) is 4.00. The number of anilines is 1. The van der Waals surface area contributed by atoms with Gasteiger partial charge in [-0.15, -0.1) is 0 Å². The maximum absolute atomic E-state index is 13.6. The second-order valence-electron chi connectivity index (χ2n) is 6.03. The molecule has 0 fully saturated rings. The topological polar surface area (TPSA) is 62.6 Å². The lowest BCUT2D eigenvalue weighted by molar-refractivity contribution is -0.120. The zero-order valence-corrected chi connectivity index (χ0v) is 13.6. The monoisotopic (exact) mass is 330 g/mol. The fraction of sp³-hybridized carbons (Fsp3) is 0.333. The van der Waals surface area contributed by atoms with Crippen molar-refractivity contribution in [3.05, 3.63) is 53.2 Å². The summed E-state index contributed by atoms with van der Waals surface area (Å²) >= 11 is 0. The minimum Gasteiger partial charge on any atom is -0.472 e. The Morgan fingerprint density at radius 1 is 1.38 bits per heavy atom. The van der Waals surface area contributed by atoms with Gasteiger partial charge in [-0.2, -0.15) is 0 Å². The molecule has 1 N–H and O–H groups in total. The number of carbonyl (C=O) groups excluding carboxylic acids is 2. The molecule has 5 nitrogen and oxygen atoms in total. The summed E-state index contributed by atoms with van der Waals surface area (Å²) in [7, 11) is 0. The Labute approximate surface area is 139 Å². The van der Waals surface area contributed by atoms with Crippen LogP contribution in [-0.2, 0) is 11.2 Å². The molecule has 6 heteroatoms. The number of rotatable bonds is 3. The highest BCUT2D eigenvalue weighted by Crippen LogP contribution is 2.32. The average molecular weight is 330 g/mol. The summed E-state index contributed by atoms with van der Waals surface area (Å²) < 4.78 is 18.5. The number of nitrogens with one attached hydrogen (secondary N) is 1. The molecule has 0 bridgehead atoms. The van der Waals surface area contributed by atoms with Crippen LogP contribution in [0.3, 0.4) is 0 Å². The van der Waals surface area contributed by atoms with E-state index in [1.165, 1.54) is 30.7 Å². The normalized spacial score (nSPS) is 14.9. The van der Waals surface area contributed by atoms with Crippen molar-refractivity contribution in [1.82, 2.24) is 5.32 Å². The van der Waals surface area contributed by atoms with E-state index in [2.05, 4.69) is 5.32 Å². The molecule has 2 amide bonds. The van der Waals surface area contributed by atoms with Crippen LogP contribution in [0.5, 0.6) is 0 Å². The Morgan fingerprint density at radius 3 is 2.88 bits per heavy atom. The largest absolute Gasteiger partial charge is 0.472 e. The van der Waals surface area contributed by atoms with E-state index in [1.807, 2.05) is 0 Å². The summed E-state index contributed by atoms with van der Waals surface area (Å²) in [5, 5.41) is 2.68. The standard InChI is InChI=1S/C18H19FN2O3/c1-11-8-15(19)9-13-4-3-6-21(16(11)13)18(23)12(2)20-17(22)14-5-7-24-10-14/h5,7-10,12H,3-4,6H2,1-2H3,(H,20,22)/t12-/m0/s1. The lowest BCUT2D eigenvalue weighted by atomic mass is 9.97. The summed E-state index contributed by atoms with van der Waals surface area (Å²) in [6, 6.07) is 3.76. The Balaban J connectivity index is 1.80. The van der Waals surface area contributed by atoms with Crippen LogP contribution < -0.4 is 10.2 Å². The minimum atomic E-state index is -0.692. The van der Waals surface area contributed by atoms with Crippen molar-refractivity contribution >= 4 is 17.5 Å². The SMILES string of the molecule is Cc1cc(F)cc2c1N(C(=O)[C@H](C)NC(=O)c1ccoc1)CCC2. The third kappa shape index (κ3) is 3.04. The van der Waals surface area contributed by atoms with E-state index in [-0.39, 0.29) is 17.6 Å². The van der Waals surface area contributed by atoms with Crippen LogP contribution >= 0.6 is 0 Å². The van der Waals surface area contributed by atoms with Gasteiger partial charge in [0.25, 0.3) is 5.91 Å². The first-order valence-corrected chi connectivity index (χ1v) is 7.91. The summed E-state index contributed by atoms with van der Waals surface area (Å²) in [5.74, 6) is -0.859.